The molecule has 0 aromatic carbocycles. The summed E-state index contributed by atoms with van der Waals surface area (Å²) in [5, 5.41) is 10.0. The zero-order valence-corrected chi connectivity index (χ0v) is 13.8. The Hall–Kier alpha value is -2.37. The summed E-state index contributed by atoms with van der Waals surface area (Å²) < 4.78 is 0. The van der Waals surface area contributed by atoms with Gasteiger partial charge in [-0.15, -0.1) is 0 Å². The molecule has 2 rings (SSSR count). The Morgan fingerprint density at radius 2 is 2.09 bits per heavy atom. The lowest BCUT2D eigenvalue weighted by atomic mass is 9.95. The summed E-state index contributed by atoms with van der Waals surface area (Å²) in [4.78, 5) is 18.5. The van der Waals surface area contributed by atoms with Crippen molar-refractivity contribution in [3.63, 3.8) is 0 Å². The molecule has 0 aliphatic heterocycles. The van der Waals surface area contributed by atoms with Crippen molar-refractivity contribution in [2.45, 2.75) is 33.1 Å². The number of rotatable bonds is 5. The van der Waals surface area contributed by atoms with Gasteiger partial charge in [-0.05, 0) is 37.5 Å². The van der Waals surface area contributed by atoms with E-state index in [0.29, 0.717) is 12.2 Å². The minimum atomic E-state index is -0.0455. The second-order valence-corrected chi connectivity index (χ2v) is 5.78. The van der Waals surface area contributed by atoms with Gasteiger partial charge in [-0.3, -0.25) is 9.89 Å². The zero-order chi connectivity index (χ0) is 16.3. The maximum Gasteiger partial charge on any atom is 0.226 e. The number of nitrogens with one attached hydrogen (secondary N) is 2. The summed E-state index contributed by atoms with van der Waals surface area (Å²) in [7, 11) is 3.83. The molecule has 2 heterocycles. The van der Waals surface area contributed by atoms with Gasteiger partial charge >= 0.3 is 0 Å². The van der Waals surface area contributed by atoms with E-state index >= 15 is 0 Å². The van der Waals surface area contributed by atoms with Gasteiger partial charge in [0.25, 0.3) is 0 Å². The molecule has 0 saturated carbocycles. The third-order valence-corrected chi connectivity index (χ3v) is 3.63. The highest BCUT2D eigenvalue weighted by molar-refractivity contribution is 5.90. The Morgan fingerprint density at radius 1 is 1.36 bits per heavy atom. The van der Waals surface area contributed by atoms with Gasteiger partial charge in [0.05, 0.1) is 5.69 Å². The predicted octanol–water partition coefficient (Wildman–Crippen LogP) is 2.62. The van der Waals surface area contributed by atoms with Gasteiger partial charge in [0.15, 0.2) is 0 Å². The molecule has 6 heteroatoms. The number of hydrogen-bond donors (Lipinski definition) is 2. The molecule has 6 nitrogen and oxygen atoms in total. The number of anilines is 2. The van der Waals surface area contributed by atoms with Crippen LogP contribution in [0.2, 0.25) is 0 Å². The lowest BCUT2D eigenvalue weighted by Gasteiger charge is -2.14. The first-order valence-electron chi connectivity index (χ1n) is 7.34. The molecule has 22 heavy (non-hydrogen) atoms. The summed E-state index contributed by atoms with van der Waals surface area (Å²) in [5.74, 6) is 1.45. The minimum Gasteiger partial charge on any atom is -0.363 e. The number of aromatic amines is 1. The molecule has 2 aromatic rings. The van der Waals surface area contributed by atoms with Crippen LogP contribution in [0.25, 0.3) is 0 Å². The second kappa shape index (κ2) is 6.60. The molecule has 1 unspecified atom stereocenters. The summed E-state index contributed by atoms with van der Waals surface area (Å²) in [6.45, 7) is 5.97. The fourth-order valence-electron chi connectivity index (χ4n) is 2.60. The van der Waals surface area contributed by atoms with Gasteiger partial charge in [-0.2, -0.15) is 5.10 Å². The van der Waals surface area contributed by atoms with Gasteiger partial charge in [0.2, 0.25) is 5.91 Å². The van der Waals surface area contributed by atoms with E-state index in [0.717, 1.165) is 22.8 Å². The number of hydrogen-bond acceptors (Lipinski definition) is 4. The van der Waals surface area contributed by atoms with Gasteiger partial charge in [0.1, 0.15) is 11.6 Å². The number of carbonyl (C=O) groups is 1. The number of aromatic nitrogens is 3. The Bertz CT molecular complexity index is 643. The third kappa shape index (κ3) is 3.63. The SMILES string of the molecule is Cc1n[nH]c(C)c1C(C)CC(=O)Nc1cccc(N(C)C)n1. The van der Waals surface area contributed by atoms with Crippen LogP contribution in [-0.2, 0) is 4.79 Å². The van der Waals surface area contributed by atoms with Gasteiger partial charge in [0, 0.05) is 26.2 Å². The van der Waals surface area contributed by atoms with E-state index in [1.807, 2.05) is 51.9 Å². The molecule has 0 saturated heterocycles. The molecule has 1 atom stereocenters. The van der Waals surface area contributed by atoms with Gasteiger partial charge < -0.3 is 10.2 Å². The second-order valence-electron chi connectivity index (χ2n) is 5.78. The summed E-state index contributed by atoms with van der Waals surface area (Å²) in [6, 6.07) is 5.58. The lowest BCUT2D eigenvalue weighted by molar-refractivity contribution is -0.116. The zero-order valence-electron chi connectivity index (χ0n) is 13.8. The highest BCUT2D eigenvalue weighted by Gasteiger charge is 2.18. The van der Waals surface area contributed by atoms with Crippen LogP contribution in [0.15, 0.2) is 18.2 Å². The molecule has 0 fully saturated rings. The Kier molecular flexibility index (Phi) is 4.80. The van der Waals surface area contributed by atoms with Crippen LogP contribution in [0.4, 0.5) is 11.6 Å². The number of nitrogens with zero attached hydrogens (tertiary/aromatic N) is 3. The van der Waals surface area contributed by atoms with E-state index < -0.39 is 0 Å². The summed E-state index contributed by atoms with van der Waals surface area (Å²) in [6.07, 6.45) is 0.398. The lowest BCUT2D eigenvalue weighted by Crippen LogP contribution is -2.17. The minimum absolute atomic E-state index is 0.0455. The maximum atomic E-state index is 12.2. The van der Waals surface area contributed by atoms with Crippen LogP contribution >= 0.6 is 0 Å². The first-order valence-corrected chi connectivity index (χ1v) is 7.34. The fraction of sp³-hybridized carbons (Fsp3) is 0.438. The molecule has 0 radical (unpaired) electrons. The average Bonchev–Trinajstić information content (AvgIpc) is 2.78. The third-order valence-electron chi connectivity index (χ3n) is 3.63. The highest BCUT2D eigenvalue weighted by Crippen LogP contribution is 2.24. The van der Waals surface area contributed by atoms with Crippen LogP contribution in [0.5, 0.6) is 0 Å². The van der Waals surface area contributed by atoms with Crippen molar-refractivity contribution in [3.05, 3.63) is 35.2 Å². The Labute approximate surface area is 130 Å². The molecular formula is C16H23N5O. The number of H-pyrrole nitrogens is 1. The van der Waals surface area contributed by atoms with Gasteiger partial charge in [-0.1, -0.05) is 13.0 Å². The van der Waals surface area contributed by atoms with Crippen molar-refractivity contribution in [3.8, 4) is 0 Å². The Balaban J connectivity index is 2.03. The first-order chi connectivity index (χ1) is 10.4. The molecule has 0 bridgehead atoms. The van der Waals surface area contributed by atoms with Crippen LogP contribution in [0.3, 0.4) is 0 Å². The van der Waals surface area contributed by atoms with Crippen molar-refractivity contribution in [2.24, 2.45) is 0 Å². The fourth-order valence-corrected chi connectivity index (χ4v) is 2.60. The maximum absolute atomic E-state index is 12.2. The van der Waals surface area contributed by atoms with E-state index in [1.54, 1.807) is 6.07 Å². The van der Waals surface area contributed by atoms with Crippen LogP contribution in [0.1, 0.15) is 36.2 Å². The van der Waals surface area contributed by atoms with E-state index in [1.165, 1.54) is 0 Å². The van der Waals surface area contributed by atoms with Crippen molar-refractivity contribution in [1.82, 2.24) is 15.2 Å². The van der Waals surface area contributed by atoms with Crippen molar-refractivity contribution >= 4 is 17.5 Å². The average molecular weight is 301 g/mol. The monoisotopic (exact) mass is 301 g/mol. The molecule has 2 N–H and O–H groups in total. The standard InChI is InChI=1S/C16H23N5O/c1-10(16-11(2)19-20-12(16)3)9-15(22)18-13-7-6-8-14(17-13)21(4)5/h6-8,10H,9H2,1-5H3,(H,19,20)(H,17,18,22). The van der Waals surface area contributed by atoms with Crippen LogP contribution in [0, 0.1) is 13.8 Å². The number of pyridine rings is 1. The molecule has 2 aromatic heterocycles. The quantitative estimate of drug-likeness (QED) is 0.890. The predicted molar refractivity (Wildman–Crippen MR) is 88.3 cm³/mol. The van der Waals surface area contributed by atoms with E-state index in [2.05, 4.69) is 20.5 Å². The molecule has 0 aliphatic carbocycles. The highest BCUT2D eigenvalue weighted by atomic mass is 16.1. The van der Waals surface area contributed by atoms with E-state index in [9.17, 15) is 4.79 Å². The first kappa shape index (κ1) is 16.0. The molecular weight excluding hydrogens is 278 g/mol. The van der Waals surface area contributed by atoms with Crippen molar-refractivity contribution < 1.29 is 4.79 Å². The van der Waals surface area contributed by atoms with E-state index in [4.69, 9.17) is 0 Å². The molecule has 0 spiro atoms. The largest absolute Gasteiger partial charge is 0.363 e. The topological polar surface area (TPSA) is 73.9 Å². The number of amides is 1. The van der Waals surface area contributed by atoms with Crippen LogP contribution in [-0.4, -0.2) is 35.2 Å². The summed E-state index contributed by atoms with van der Waals surface area (Å²) in [5.41, 5.74) is 3.08. The number of carbonyl (C=O) groups excluding carboxylic acids is 1. The molecule has 1 amide bonds. The van der Waals surface area contributed by atoms with Crippen molar-refractivity contribution in [2.75, 3.05) is 24.3 Å². The molecule has 118 valence electrons. The van der Waals surface area contributed by atoms with Crippen LogP contribution < -0.4 is 10.2 Å². The smallest absolute Gasteiger partial charge is 0.226 e. The normalized spacial score (nSPS) is 12.0. The van der Waals surface area contributed by atoms with Crippen molar-refractivity contribution in [1.29, 1.82) is 0 Å². The van der Waals surface area contributed by atoms with E-state index in [-0.39, 0.29) is 11.8 Å². The molecule has 0 aliphatic rings. The summed E-state index contributed by atoms with van der Waals surface area (Å²) >= 11 is 0. The van der Waals surface area contributed by atoms with Gasteiger partial charge in [-0.25, -0.2) is 4.98 Å². The number of aryl methyl sites for hydroxylation is 2. The Morgan fingerprint density at radius 3 is 2.68 bits per heavy atom.